The molecule has 0 radical (unpaired) electrons. The molecule has 112 valence electrons. The Balaban J connectivity index is 2.81. The van der Waals surface area contributed by atoms with Crippen molar-refractivity contribution in [2.24, 2.45) is 0 Å². The molecule has 1 rings (SSSR count). The van der Waals surface area contributed by atoms with Gasteiger partial charge in [-0.2, -0.15) is 0 Å². The molecule has 0 unspecified atom stereocenters. The maximum Gasteiger partial charge on any atom is 0.328 e. The molecule has 1 aromatic rings. The second kappa shape index (κ2) is 7.68. The summed E-state index contributed by atoms with van der Waals surface area (Å²) in [6, 6.07) is 4.75. The van der Waals surface area contributed by atoms with E-state index in [0.717, 1.165) is 6.08 Å². The Labute approximate surface area is 121 Å². The number of rotatable bonds is 6. The number of hydrogen-bond acceptors (Lipinski definition) is 5. The van der Waals surface area contributed by atoms with Crippen molar-refractivity contribution in [1.29, 1.82) is 0 Å². The number of ether oxygens (including phenoxy) is 2. The van der Waals surface area contributed by atoms with E-state index in [0.29, 0.717) is 17.0 Å². The van der Waals surface area contributed by atoms with Gasteiger partial charge in [0, 0.05) is 13.0 Å². The van der Waals surface area contributed by atoms with Gasteiger partial charge in [0.05, 0.1) is 12.8 Å². The molecule has 1 amide bonds. The summed E-state index contributed by atoms with van der Waals surface area (Å²) >= 11 is 0. The zero-order chi connectivity index (χ0) is 15.8. The Morgan fingerprint density at radius 3 is 2.62 bits per heavy atom. The Bertz CT molecular complexity index is 579. The lowest BCUT2D eigenvalue weighted by Gasteiger charge is -2.11. The largest absolute Gasteiger partial charge is 0.495 e. The van der Waals surface area contributed by atoms with Gasteiger partial charge < -0.3 is 19.9 Å². The maximum atomic E-state index is 11.5. The number of nitrogens with one attached hydrogen (secondary N) is 1. The first-order chi connectivity index (χ1) is 9.92. The van der Waals surface area contributed by atoms with E-state index in [1.807, 2.05) is 0 Å². The normalized spacial score (nSPS) is 10.2. The van der Waals surface area contributed by atoms with Gasteiger partial charge in [-0.1, -0.05) is 6.07 Å². The Morgan fingerprint density at radius 2 is 2.05 bits per heavy atom. The molecule has 0 aromatic heterocycles. The maximum absolute atomic E-state index is 11.5. The molecule has 0 heterocycles. The van der Waals surface area contributed by atoms with Gasteiger partial charge in [-0.3, -0.25) is 9.59 Å². The van der Waals surface area contributed by atoms with E-state index in [9.17, 15) is 14.4 Å². The number of carboxylic acids is 1. The van der Waals surface area contributed by atoms with Crippen LogP contribution in [0.3, 0.4) is 0 Å². The second-order valence-corrected chi connectivity index (χ2v) is 3.96. The second-order valence-electron chi connectivity index (χ2n) is 3.96. The minimum Gasteiger partial charge on any atom is -0.495 e. The predicted octanol–water partition coefficient (Wildman–Crippen LogP) is 1.29. The topological polar surface area (TPSA) is 102 Å². The van der Waals surface area contributed by atoms with Crippen LogP contribution in [-0.2, 0) is 19.1 Å². The molecule has 0 aliphatic rings. The first-order valence-corrected chi connectivity index (χ1v) is 5.94. The number of carbonyl (C=O) groups is 3. The third kappa shape index (κ3) is 5.77. The van der Waals surface area contributed by atoms with Crippen molar-refractivity contribution >= 4 is 29.6 Å². The van der Waals surface area contributed by atoms with Crippen molar-refractivity contribution < 1.29 is 29.0 Å². The molecular formula is C14H15NO6. The third-order valence-electron chi connectivity index (χ3n) is 2.32. The molecule has 0 atom stereocenters. The van der Waals surface area contributed by atoms with Gasteiger partial charge in [0.15, 0.2) is 6.61 Å². The quantitative estimate of drug-likeness (QED) is 0.605. The Kier molecular flexibility index (Phi) is 5.94. The first-order valence-electron chi connectivity index (χ1n) is 5.94. The third-order valence-corrected chi connectivity index (χ3v) is 2.32. The molecule has 2 N–H and O–H groups in total. The first kappa shape index (κ1) is 16.2. The number of benzene rings is 1. The number of anilines is 1. The monoisotopic (exact) mass is 293 g/mol. The molecular weight excluding hydrogens is 278 g/mol. The van der Waals surface area contributed by atoms with Crippen LogP contribution >= 0.6 is 0 Å². The molecule has 0 fully saturated rings. The van der Waals surface area contributed by atoms with Gasteiger partial charge in [0.2, 0.25) is 0 Å². The molecule has 7 nitrogen and oxygen atoms in total. The van der Waals surface area contributed by atoms with Crippen LogP contribution in [0.1, 0.15) is 12.5 Å². The van der Waals surface area contributed by atoms with Crippen molar-refractivity contribution in [2.45, 2.75) is 6.92 Å². The lowest BCUT2D eigenvalue weighted by atomic mass is 10.1. The number of carbonyl (C=O) groups excluding carboxylic acids is 2. The molecule has 0 saturated carbocycles. The van der Waals surface area contributed by atoms with Crippen molar-refractivity contribution in [2.75, 3.05) is 19.0 Å². The van der Waals surface area contributed by atoms with Crippen LogP contribution in [0.4, 0.5) is 5.69 Å². The predicted molar refractivity (Wildman–Crippen MR) is 74.9 cm³/mol. The molecule has 0 spiro atoms. The SMILES string of the molecule is COc1cc(/C=C/C(=O)O)ccc1NC(=O)COC(C)=O. The van der Waals surface area contributed by atoms with E-state index in [4.69, 9.17) is 9.84 Å². The molecule has 1 aromatic carbocycles. The highest BCUT2D eigenvalue weighted by atomic mass is 16.5. The molecule has 0 aliphatic heterocycles. The fraction of sp³-hybridized carbons (Fsp3) is 0.214. The summed E-state index contributed by atoms with van der Waals surface area (Å²) in [5.41, 5.74) is 0.995. The van der Waals surface area contributed by atoms with E-state index in [1.54, 1.807) is 18.2 Å². The highest BCUT2D eigenvalue weighted by Crippen LogP contribution is 2.26. The van der Waals surface area contributed by atoms with Crippen LogP contribution in [0, 0.1) is 0 Å². The van der Waals surface area contributed by atoms with Crippen molar-refractivity contribution in [3.05, 3.63) is 29.8 Å². The average Bonchev–Trinajstić information content (AvgIpc) is 2.43. The molecule has 0 bridgehead atoms. The Hall–Kier alpha value is -2.83. The summed E-state index contributed by atoms with van der Waals surface area (Å²) in [4.78, 5) is 32.6. The van der Waals surface area contributed by atoms with Gasteiger partial charge in [0.25, 0.3) is 5.91 Å². The number of carboxylic acid groups (broad SMARTS) is 1. The van der Waals surface area contributed by atoms with Gasteiger partial charge in [-0.15, -0.1) is 0 Å². The van der Waals surface area contributed by atoms with Crippen molar-refractivity contribution in [1.82, 2.24) is 0 Å². The smallest absolute Gasteiger partial charge is 0.328 e. The zero-order valence-corrected chi connectivity index (χ0v) is 11.6. The van der Waals surface area contributed by atoms with Crippen LogP contribution in [0.15, 0.2) is 24.3 Å². The average molecular weight is 293 g/mol. The zero-order valence-electron chi connectivity index (χ0n) is 11.6. The van der Waals surface area contributed by atoms with E-state index in [1.165, 1.54) is 20.1 Å². The molecule has 0 aliphatic carbocycles. The van der Waals surface area contributed by atoms with Gasteiger partial charge in [-0.05, 0) is 23.8 Å². The highest BCUT2D eigenvalue weighted by Gasteiger charge is 2.09. The van der Waals surface area contributed by atoms with Crippen LogP contribution in [0.5, 0.6) is 5.75 Å². The van der Waals surface area contributed by atoms with E-state index < -0.39 is 17.8 Å². The molecule has 7 heteroatoms. The number of methoxy groups -OCH3 is 1. The summed E-state index contributed by atoms with van der Waals surface area (Å²) in [5.74, 6) is -1.75. The molecule has 0 saturated heterocycles. The van der Waals surface area contributed by atoms with Crippen LogP contribution in [0.25, 0.3) is 6.08 Å². The lowest BCUT2D eigenvalue weighted by Crippen LogP contribution is -2.20. The van der Waals surface area contributed by atoms with Crippen LogP contribution in [0.2, 0.25) is 0 Å². The van der Waals surface area contributed by atoms with Crippen LogP contribution < -0.4 is 10.1 Å². The number of hydrogen-bond donors (Lipinski definition) is 2. The van der Waals surface area contributed by atoms with Crippen LogP contribution in [-0.4, -0.2) is 36.7 Å². The standard InChI is InChI=1S/C14H15NO6/c1-9(16)21-8-13(17)15-11-5-3-10(4-6-14(18)19)7-12(11)20-2/h3-7H,8H2,1-2H3,(H,15,17)(H,18,19)/b6-4+. The van der Waals surface area contributed by atoms with Gasteiger partial charge in [-0.25, -0.2) is 4.79 Å². The van der Waals surface area contributed by atoms with Gasteiger partial charge >= 0.3 is 11.9 Å². The lowest BCUT2D eigenvalue weighted by molar-refractivity contribution is -0.144. The fourth-order valence-corrected chi connectivity index (χ4v) is 1.44. The van der Waals surface area contributed by atoms with E-state index in [2.05, 4.69) is 10.1 Å². The summed E-state index contributed by atoms with van der Waals surface area (Å²) in [7, 11) is 1.42. The van der Waals surface area contributed by atoms with Gasteiger partial charge in [0.1, 0.15) is 5.75 Å². The number of esters is 1. The highest BCUT2D eigenvalue weighted by molar-refractivity contribution is 5.94. The molecule has 21 heavy (non-hydrogen) atoms. The minimum atomic E-state index is -1.06. The van der Waals surface area contributed by atoms with Crippen molar-refractivity contribution in [3.8, 4) is 5.75 Å². The summed E-state index contributed by atoms with van der Waals surface area (Å²) < 4.78 is 9.69. The van der Waals surface area contributed by atoms with Crippen molar-refractivity contribution in [3.63, 3.8) is 0 Å². The summed E-state index contributed by atoms with van der Waals surface area (Å²) in [6.45, 7) is 0.816. The van der Waals surface area contributed by atoms with E-state index in [-0.39, 0.29) is 6.61 Å². The number of aliphatic carboxylic acids is 1. The van der Waals surface area contributed by atoms with E-state index >= 15 is 0 Å². The fourth-order valence-electron chi connectivity index (χ4n) is 1.44. The summed E-state index contributed by atoms with van der Waals surface area (Å²) in [6.07, 6.45) is 2.39. The Morgan fingerprint density at radius 1 is 1.33 bits per heavy atom. The number of amides is 1. The summed E-state index contributed by atoms with van der Waals surface area (Å²) in [5, 5.41) is 11.1. The minimum absolute atomic E-state index is 0.360.